The van der Waals surface area contributed by atoms with E-state index in [4.69, 9.17) is 4.74 Å². The Labute approximate surface area is 140 Å². The van der Waals surface area contributed by atoms with E-state index in [9.17, 15) is 4.79 Å². The first-order chi connectivity index (χ1) is 10.9. The van der Waals surface area contributed by atoms with Crippen molar-refractivity contribution in [2.24, 2.45) is 0 Å². The second-order valence-electron chi connectivity index (χ2n) is 8.50. The van der Waals surface area contributed by atoms with Crippen LogP contribution in [0.25, 0.3) is 0 Å². The van der Waals surface area contributed by atoms with Crippen molar-refractivity contribution in [1.82, 2.24) is 15.1 Å². The van der Waals surface area contributed by atoms with E-state index in [0.29, 0.717) is 12.1 Å². The zero-order chi connectivity index (χ0) is 16.4. The highest BCUT2D eigenvalue weighted by Crippen LogP contribution is 2.30. The molecular weight excluding hydrogens is 290 g/mol. The SMILES string of the molecule is CC(C)(C)OC(=O)N1CCCCC(NC2CCN(C3CC3)C2)C1. The van der Waals surface area contributed by atoms with Gasteiger partial charge in [-0.1, -0.05) is 6.42 Å². The number of nitrogens with zero attached hydrogens (tertiary/aromatic N) is 2. The van der Waals surface area contributed by atoms with Gasteiger partial charge in [0.2, 0.25) is 0 Å². The van der Waals surface area contributed by atoms with E-state index in [-0.39, 0.29) is 6.09 Å². The summed E-state index contributed by atoms with van der Waals surface area (Å²) >= 11 is 0. The van der Waals surface area contributed by atoms with E-state index in [2.05, 4.69) is 10.2 Å². The summed E-state index contributed by atoms with van der Waals surface area (Å²) in [4.78, 5) is 16.9. The predicted molar refractivity (Wildman–Crippen MR) is 91.6 cm³/mol. The fraction of sp³-hybridized carbons (Fsp3) is 0.944. The van der Waals surface area contributed by atoms with Crippen molar-refractivity contribution in [3.63, 3.8) is 0 Å². The van der Waals surface area contributed by atoms with Crippen LogP contribution in [-0.2, 0) is 4.74 Å². The summed E-state index contributed by atoms with van der Waals surface area (Å²) < 4.78 is 5.56. The number of nitrogens with one attached hydrogen (secondary N) is 1. The number of ether oxygens (including phenoxy) is 1. The molecule has 0 aromatic rings. The summed E-state index contributed by atoms with van der Waals surface area (Å²) in [5.41, 5.74) is -0.414. The molecule has 0 radical (unpaired) electrons. The van der Waals surface area contributed by atoms with Crippen molar-refractivity contribution in [3.05, 3.63) is 0 Å². The van der Waals surface area contributed by atoms with Gasteiger partial charge in [-0.05, 0) is 52.9 Å². The third-order valence-electron chi connectivity index (χ3n) is 5.08. The number of hydrogen-bond donors (Lipinski definition) is 1. The number of likely N-dealkylation sites (tertiary alicyclic amines) is 2. The lowest BCUT2D eigenvalue weighted by molar-refractivity contribution is 0.0242. The average molecular weight is 323 g/mol. The van der Waals surface area contributed by atoms with Crippen LogP contribution in [0.2, 0.25) is 0 Å². The van der Waals surface area contributed by atoms with Crippen molar-refractivity contribution < 1.29 is 9.53 Å². The second kappa shape index (κ2) is 6.98. The van der Waals surface area contributed by atoms with Crippen LogP contribution < -0.4 is 5.32 Å². The Kier molecular flexibility index (Phi) is 5.16. The van der Waals surface area contributed by atoms with E-state index >= 15 is 0 Å². The molecule has 3 fully saturated rings. The fourth-order valence-electron chi connectivity index (χ4n) is 3.80. The van der Waals surface area contributed by atoms with E-state index in [1.807, 2.05) is 25.7 Å². The van der Waals surface area contributed by atoms with E-state index in [1.165, 1.54) is 45.2 Å². The maximum atomic E-state index is 12.4. The van der Waals surface area contributed by atoms with Gasteiger partial charge in [0.05, 0.1) is 0 Å². The van der Waals surface area contributed by atoms with Crippen LogP contribution in [0.3, 0.4) is 0 Å². The van der Waals surface area contributed by atoms with Gasteiger partial charge in [-0.2, -0.15) is 0 Å². The van der Waals surface area contributed by atoms with Crippen LogP contribution in [0.1, 0.15) is 59.3 Å². The molecule has 2 unspecified atom stereocenters. The maximum absolute atomic E-state index is 12.4. The number of carbonyl (C=O) groups excluding carboxylic acids is 1. The molecule has 2 aliphatic heterocycles. The Morgan fingerprint density at radius 3 is 2.43 bits per heavy atom. The minimum Gasteiger partial charge on any atom is -0.444 e. The lowest BCUT2D eigenvalue weighted by Crippen LogP contribution is -2.48. The van der Waals surface area contributed by atoms with Crippen molar-refractivity contribution in [2.75, 3.05) is 26.2 Å². The highest BCUT2D eigenvalue weighted by Gasteiger charge is 2.35. The van der Waals surface area contributed by atoms with Crippen molar-refractivity contribution >= 4 is 6.09 Å². The van der Waals surface area contributed by atoms with Crippen molar-refractivity contribution in [2.45, 2.75) is 83.0 Å². The van der Waals surface area contributed by atoms with Gasteiger partial charge in [-0.25, -0.2) is 4.79 Å². The fourth-order valence-corrected chi connectivity index (χ4v) is 3.80. The minimum absolute atomic E-state index is 0.155. The van der Waals surface area contributed by atoms with E-state index in [1.54, 1.807) is 0 Å². The predicted octanol–water partition coefficient (Wildman–Crippen LogP) is 2.60. The van der Waals surface area contributed by atoms with Gasteiger partial charge < -0.3 is 15.0 Å². The molecule has 3 rings (SSSR count). The third-order valence-corrected chi connectivity index (χ3v) is 5.08. The molecule has 5 heteroatoms. The molecule has 0 bridgehead atoms. The first kappa shape index (κ1) is 17.0. The van der Waals surface area contributed by atoms with Crippen LogP contribution in [0.5, 0.6) is 0 Å². The highest BCUT2D eigenvalue weighted by atomic mass is 16.6. The van der Waals surface area contributed by atoms with Gasteiger partial charge in [0, 0.05) is 44.3 Å². The van der Waals surface area contributed by atoms with Crippen molar-refractivity contribution in [3.8, 4) is 0 Å². The zero-order valence-electron chi connectivity index (χ0n) is 15.0. The number of amides is 1. The Morgan fingerprint density at radius 2 is 1.74 bits per heavy atom. The van der Waals surface area contributed by atoms with Gasteiger partial charge in [0.1, 0.15) is 5.60 Å². The van der Waals surface area contributed by atoms with Crippen LogP contribution in [0, 0.1) is 0 Å². The Hall–Kier alpha value is -0.810. The molecule has 1 amide bonds. The lowest BCUT2D eigenvalue weighted by atomic mass is 10.1. The van der Waals surface area contributed by atoms with Gasteiger partial charge in [-0.15, -0.1) is 0 Å². The monoisotopic (exact) mass is 323 g/mol. The van der Waals surface area contributed by atoms with Crippen LogP contribution in [0.15, 0.2) is 0 Å². The summed E-state index contributed by atoms with van der Waals surface area (Å²) in [5.74, 6) is 0. The summed E-state index contributed by atoms with van der Waals surface area (Å²) in [7, 11) is 0. The molecule has 3 aliphatic rings. The Bertz CT molecular complexity index is 417. The molecule has 0 aromatic carbocycles. The molecule has 1 aliphatic carbocycles. The number of carbonyl (C=O) groups is 1. The molecule has 1 N–H and O–H groups in total. The molecule has 2 saturated heterocycles. The lowest BCUT2D eigenvalue weighted by Gasteiger charge is -2.29. The van der Waals surface area contributed by atoms with Crippen molar-refractivity contribution in [1.29, 1.82) is 0 Å². The largest absolute Gasteiger partial charge is 0.444 e. The van der Waals surface area contributed by atoms with E-state index < -0.39 is 5.60 Å². The summed E-state index contributed by atoms with van der Waals surface area (Å²) in [6.07, 6.45) is 7.31. The summed E-state index contributed by atoms with van der Waals surface area (Å²) in [6, 6.07) is 1.88. The summed E-state index contributed by atoms with van der Waals surface area (Å²) in [6.45, 7) is 9.84. The number of rotatable bonds is 3. The molecule has 23 heavy (non-hydrogen) atoms. The van der Waals surface area contributed by atoms with Gasteiger partial charge in [-0.3, -0.25) is 4.90 Å². The minimum atomic E-state index is -0.414. The highest BCUT2D eigenvalue weighted by molar-refractivity contribution is 5.68. The molecule has 2 atom stereocenters. The quantitative estimate of drug-likeness (QED) is 0.867. The normalized spacial score (nSPS) is 30.3. The molecule has 0 aromatic heterocycles. The standard InChI is InChI=1S/C18H33N3O2/c1-18(2,3)23-17(22)21-10-5-4-6-14(13-21)19-15-9-11-20(12-15)16-7-8-16/h14-16,19H,4-13H2,1-3H3. The van der Waals surface area contributed by atoms with Gasteiger partial charge in [0.25, 0.3) is 0 Å². The zero-order valence-corrected chi connectivity index (χ0v) is 15.0. The molecule has 2 heterocycles. The van der Waals surface area contributed by atoms with Crippen LogP contribution in [0.4, 0.5) is 4.79 Å². The van der Waals surface area contributed by atoms with Crippen LogP contribution >= 0.6 is 0 Å². The summed E-state index contributed by atoms with van der Waals surface area (Å²) in [5, 5.41) is 3.83. The van der Waals surface area contributed by atoms with E-state index in [0.717, 1.165) is 25.6 Å². The first-order valence-electron chi connectivity index (χ1n) is 9.39. The van der Waals surface area contributed by atoms with Gasteiger partial charge in [0.15, 0.2) is 0 Å². The number of hydrogen-bond acceptors (Lipinski definition) is 4. The molecule has 132 valence electrons. The smallest absolute Gasteiger partial charge is 0.410 e. The molecule has 0 spiro atoms. The Balaban J connectivity index is 1.49. The Morgan fingerprint density at radius 1 is 1.00 bits per heavy atom. The van der Waals surface area contributed by atoms with Gasteiger partial charge >= 0.3 is 6.09 Å². The second-order valence-corrected chi connectivity index (χ2v) is 8.50. The third kappa shape index (κ3) is 5.08. The molecule has 1 saturated carbocycles. The van der Waals surface area contributed by atoms with Crippen LogP contribution in [-0.4, -0.2) is 65.8 Å². The molecule has 5 nitrogen and oxygen atoms in total. The average Bonchev–Trinajstić information content (AvgIpc) is 3.23. The topological polar surface area (TPSA) is 44.8 Å². The maximum Gasteiger partial charge on any atom is 0.410 e. The molecular formula is C18H33N3O2. The first-order valence-corrected chi connectivity index (χ1v) is 9.39.